The van der Waals surface area contributed by atoms with Crippen LogP contribution in [0.5, 0.6) is 0 Å². The molecule has 0 atom stereocenters. The van der Waals surface area contributed by atoms with Crippen molar-refractivity contribution >= 4 is 0 Å². The number of likely N-dealkylation sites (N-methyl/N-ethyl adjacent to an activating group) is 3. The number of benzene rings is 1. The van der Waals surface area contributed by atoms with E-state index >= 15 is 0 Å². The van der Waals surface area contributed by atoms with Gasteiger partial charge >= 0.3 is 0 Å². The molecule has 4 nitrogen and oxygen atoms in total. The van der Waals surface area contributed by atoms with Crippen molar-refractivity contribution in [3.63, 3.8) is 0 Å². The van der Waals surface area contributed by atoms with Gasteiger partial charge in [-0.2, -0.15) is 0 Å². The van der Waals surface area contributed by atoms with Crippen molar-refractivity contribution in [1.82, 2.24) is 19.6 Å². The molecular weight excluding hydrogens is 284 g/mol. The fourth-order valence-electron chi connectivity index (χ4n) is 2.41. The molecule has 0 unspecified atom stereocenters. The first kappa shape index (κ1) is 20.1. The Bertz CT molecular complexity index is 380. The maximum absolute atomic E-state index is 2.58. The number of nitrogens with zero attached hydrogens (tertiary/aromatic N) is 4. The average Bonchev–Trinajstić information content (AvgIpc) is 2.52. The van der Waals surface area contributed by atoms with Crippen LogP contribution in [0.4, 0.5) is 0 Å². The standard InChI is InChI=1S/C19H36N4/c1-20(2)13-16-23(17-14-21(3)4)18-15-22(5)12-11-19-9-7-6-8-10-19/h6-10H,11-18H2,1-5H3. The van der Waals surface area contributed by atoms with Gasteiger partial charge in [-0.05, 0) is 47.2 Å². The summed E-state index contributed by atoms with van der Waals surface area (Å²) in [5, 5.41) is 0. The van der Waals surface area contributed by atoms with E-state index in [0.717, 1.165) is 52.2 Å². The highest BCUT2D eigenvalue weighted by molar-refractivity contribution is 5.14. The smallest absolute Gasteiger partial charge is 0.0110 e. The summed E-state index contributed by atoms with van der Waals surface area (Å²) in [5.41, 5.74) is 1.43. The highest BCUT2D eigenvalue weighted by Gasteiger charge is 2.08. The van der Waals surface area contributed by atoms with Gasteiger partial charge in [-0.3, -0.25) is 4.90 Å². The maximum atomic E-state index is 2.58. The van der Waals surface area contributed by atoms with Crippen LogP contribution < -0.4 is 0 Å². The Kier molecular flexibility index (Phi) is 10.1. The summed E-state index contributed by atoms with van der Waals surface area (Å²) >= 11 is 0. The summed E-state index contributed by atoms with van der Waals surface area (Å²) in [6.07, 6.45) is 1.13. The molecule has 4 heteroatoms. The molecule has 1 aromatic rings. The molecule has 132 valence electrons. The number of hydrogen-bond acceptors (Lipinski definition) is 4. The van der Waals surface area contributed by atoms with Gasteiger partial charge in [0.25, 0.3) is 0 Å². The Balaban J connectivity index is 2.30. The van der Waals surface area contributed by atoms with Crippen molar-refractivity contribution in [2.75, 3.05) is 81.1 Å². The first-order valence-corrected chi connectivity index (χ1v) is 8.71. The minimum absolute atomic E-state index is 1.12. The van der Waals surface area contributed by atoms with E-state index in [2.05, 4.69) is 85.2 Å². The molecule has 0 bridgehead atoms. The first-order chi connectivity index (χ1) is 11.0. The Morgan fingerprint density at radius 3 is 1.65 bits per heavy atom. The fraction of sp³-hybridized carbons (Fsp3) is 0.684. The monoisotopic (exact) mass is 320 g/mol. The van der Waals surface area contributed by atoms with Crippen molar-refractivity contribution < 1.29 is 0 Å². The van der Waals surface area contributed by atoms with E-state index in [0.29, 0.717) is 0 Å². The van der Waals surface area contributed by atoms with Crippen LogP contribution in [-0.2, 0) is 6.42 Å². The highest BCUT2D eigenvalue weighted by atomic mass is 15.2. The van der Waals surface area contributed by atoms with E-state index in [4.69, 9.17) is 0 Å². The average molecular weight is 321 g/mol. The zero-order valence-corrected chi connectivity index (χ0v) is 15.8. The van der Waals surface area contributed by atoms with Gasteiger partial charge in [-0.1, -0.05) is 30.3 Å². The number of rotatable bonds is 12. The van der Waals surface area contributed by atoms with E-state index in [1.165, 1.54) is 5.56 Å². The van der Waals surface area contributed by atoms with Gasteiger partial charge in [-0.25, -0.2) is 0 Å². The molecule has 0 aliphatic heterocycles. The van der Waals surface area contributed by atoms with Crippen molar-refractivity contribution in [2.45, 2.75) is 6.42 Å². The minimum Gasteiger partial charge on any atom is -0.308 e. The van der Waals surface area contributed by atoms with Gasteiger partial charge in [0.15, 0.2) is 0 Å². The molecule has 0 saturated carbocycles. The fourth-order valence-corrected chi connectivity index (χ4v) is 2.41. The van der Waals surface area contributed by atoms with E-state index in [1.54, 1.807) is 0 Å². The molecule has 1 rings (SSSR count). The lowest BCUT2D eigenvalue weighted by molar-refractivity contribution is 0.193. The first-order valence-electron chi connectivity index (χ1n) is 8.71. The Morgan fingerprint density at radius 1 is 0.609 bits per heavy atom. The summed E-state index contributed by atoms with van der Waals surface area (Å²) in [4.78, 5) is 9.56. The summed E-state index contributed by atoms with van der Waals surface area (Å²) < 4.78 is 0. The second-order valence-corrected chi connectivity index (χ2v) is 6.99. The molecule has 0 aliphatic rings. The zero-order valence-electron chi connectivity index (χ0n) is 15.8. The van der Waals surface area contributed by atoms with Gasteiger partial charge in [0.2, 0.25) is 0 Å². The molecule has 0 radical (unpaired) electrons. The van der Waals surface area contributed by atoms with Gasteiger partial charge in [-0.15, -0.1) is 0 Å². The molecule has 0 N–H and O–H groups in total. The molecule has 23 heavy (non-hydrogen) atoms. The predicted molar refractivity (Wildman–Crippen MR) is 101 cm³/mol. The molecule has 0 aromatic heterocycles. The van der Waals surface area contributed by atoms with E-state index in [-0.39, 0.29) is 0 Å². The topological polar surface area (TPSA) is 13.0 Å². The van der Waals surface area contributed by atoms with Crippen LogP contribution in [-0.4, -0.2) is 101 Å². The predicted octanol–water partition coefficient (Wildman–Crippen LogP) is 1.59. The second-order valence-electron chi connectivity index (χ2n) is 6.99. The van der Waals surface area contributed by atoms with Crippen molar-refractivity contribution in [3.8, 4) is 0 Å². The molecule has 0 heterocycles. The van der Waals surface area contributed by atoms with Gasteiger partial charge in [0.1, 0.15) is 0 Å². The summed E-state index contributed by atoms with van der Waals surface area (Å²) in [6, 6.07) is 10.8. The molecule has 0 spiro atoms. The quantitative estimate of drug-likeness (QED) is 0.580. The maximum Gasteiger partial charge on any atom is 0.0110 e. The van der Waals surface area contributed by atoms with Crippen LogP contribution in [0.25, 0.3) is 0 Å². The third-order valence-electron chi connectivity index (χ3n) is 4.15. The Morgan fingerprint density at radius 2 is 1.13 bits per heavy atom. The third-order valence-corrected chi connectivity index (χ3v) is 4.15. The lowest BCUT2D eigenvalue weighted by Crippen LogP contribution is -2.40. The Hall–Kier alpha value is -0.940. The molecular formula is C19H36N4. The van der Waals surface area contributed by atoms with Crippen LogP contribution in [0.2, 0.25) is 0 Å². The minimum atomic E-state index is 1.12. The van der Waals surface area contributed by atoms with Crippen LogP contribution in [0.15, 0.2) is 30.3 Å². The largest absolute Gasteiger partial charge is 0.308 e. The molecule has 0 fully saturated rings. The van der Waals surface area contributed by atoms with Crippen LogP contribution >= 0.6 is 0 Å². The van der Waals surface area contributed by atoms with Crippen molar-refractivity contribution in [1.29, 1.82) is 0 Å². The van der Waals surface area contributed by atoms with Crippen LogP contribution in [0, 0.1) is 0 Å². The number of hydrogen-bond donors (Lipinski definition) is 0. The van der Waals surface area contributed by atoms with Gasteiger partial charge in [0.05, 0.1) is 0 Å². The molecule has 1 aromatic carbocycles. The summed E-state index contributed by atoms with van der Waals surface area (Å²) in [7, 11) is 10.8. The summed E-state index contributed by atoms with van der Waals surface area (Å²) in [5.74, 6) is 0. The second kappa shape index (κ2) is 11.6. The highest BCUT2D eigenvalue weighted by Crippen LogP contribution is 2.01. The van der Waals surface area contributed by atoms with Gasteiger partial charge in [0, 0.05) is 45.8 Å². The van der Waals surface area contributed by atoms with Gasteiger partial charge < -0.3 is 14.7 Å². The Labute approximate surface area is 143 Å². The van der Waals surface area contributed by atoms with E-state index in [9.17, 15) is 0 Å². The SMILES string of the molecule is CN(C)CCN(CCN(C)C)CCN(C)CCc1ccccc1. The van der Waals surface area contributed by atoms with Crippen LogP contribution in [0.1, 0.15) is 5.56 Å². The van der Waals surface area contributed by atoms with Crippen LogP contribution in [0.3, 0.4) is 0 Å². The lowest BCUT2D eigenvalue weighted by atomic mass is 10.1. The lowest BCUT2D eigenvalue weighted by Gasteiger charge is -2.27. The molecule has 0 aliphatic carbocycles. The zero-order chi connectivity index (χ0) is 17.1. The molecule has 0 amide bonds. The third kappa shape index (κ3) is 10.4. The van der Waals surface area contributed by atoms with Crippen molar-refractivity contribution in [2.24, 2.45) is 0 Å². The van der Waals surface area contributed by atoms with Crippen molar-refractivity contribution in [3.05, 3.63) is 35.9 Å². The van der Waals surface area contributed by atoms with E-state index in [1.807, 2.05) is 0 Å². The van der Waals surface area contributed by atoms with E-state index < -0.39 is 0 Å². The molecule has 0 saturated heterocycles. The normalized spacial score (nSPS) is 12.0. The summed E-state index contributed by atoms with van der Waals surface area (Å²) in [6.45, 7) is 7.95.